The first-order valence-corrected chi connectivity index (χ1v) is 4.63. The van der Waals surface area contributed by atoms with Crippen LogP contribution in [0.4, 0.5) is 0 Å². The van der Waals surface area contributed by atoms with Crippen molar-refractivity contribution >= 4 is 0 Å². The van der Waals surface area contributed by atoms with E-state index in [0.29, 0.717) is 0 Å². The molecule has 0 heteroatoms. The van der Waals surface area contributed by atoms with E-state index in [9.17, 15) is 0 Å². The molecule has 0 saturated heterocycles. The SMILES string of the molecule is CC[C@@H](C)C(C)[C@@H](C)CC. The van der Waals surface area contributed by atoms with Gasteiger partial charge >= 0.3 is 0 Å². The van der Waals surface area contributed by atoms with Crippen LogP contribution in [0.3, 0.4) is 0 Å². The van der Waals surface area contributed by atoms with Crippen molar-refractivity contribution in [2.75, 3.05) is 0 Å². The molecule has 0 amide bonds. The molecule has 0 nitrogen and oxygen atoms in total. The summed E-state index contributed by atoms with van der Waals surface area (Å²) in [6, 6.07) is 0. The van der Waals surface area contributed by atoms with Crippen LogP contribution >= 0.6 is 0 Å². The number of hydrogen-bond donors (Lipinski definition) is 0. The molecule has 3 atom stereocenters. The maximum absolute atomic E-state index is 2.38. The number of rotatable bonds is 4. The molecule has 0 N–H and O–H groups in total. The average Bonchev–Trinajstić information content (AvgIpc) is 2.00. The van der Waals surface area contributed by atoms with Gasteiger partial charge in [0.2, 0.25) is 0 Å². The average molecular weight is 142 g/mol. The molecule has 0 aliphatic rings. The molecule has 10 heavy (non-hydrogen) atoms. The van der Waals surface area contributed by atoms with Crippen LogP contribution in [0, 0.1) is 17.8 Å². The summed E-state index contributed by atoms with van der Waals surface area (Å²) in [4.78, 5) is 0. The lowest BCUT2D eigenvalue weighted by molar-refractivity contribution is 0.267. The highest BCUT2D eigenvalue weighted by molar-refractivity contribution is 4.65. The van der Waals surface area contributed by atoms with Crippen molar-refractivity contribution in [2.24, 2.45) is 17.8 Å². The van der Waals surface area contributed by atoms with Gasteiger partial charge in [-0.1, -0.05) is 47.5 Å². The Hall–Kier alpha value is 0. The fourth-order valence-electron chi connectivity index (χ4n) is 1.30. The molecule has 0 rings (SSSR count). The first-order valence-electron chi connectivity index (χ1n) is 4.63. The standard InChI is InChI=1S/C10H22/c1-6-8(3)10(5)9(4)7-2/h8-10H,6-7H2,1-5H3/t8-,9+,10?. The van der Waals surface area contributed by atoms with Gasteiger partial charge in [0.1, 0.15) is 0 Å². The first-order chi connectivity index (χ1) is 4.63. The van der Waals surface area contributed by atoms with Gasteiger partial charge in [0.25, 0.3) is 0 Å². The zero-order valence-corrected chi connectivity index (χ0v) is 8.15. The van der Waals surface area contributed by atoms with Gasteiger partial charge in [0.15, 0.2) is 0 Å². The van der Waals surface area contributed by atoms with Crippen LogP contribution in [-0.2, 0) is 0 Å². The summed E-state index contributed by atoms with van der Waals surface area (Å²) >= 11 is 0. The Morgan fingerprint density at radius 3 is 1.30 bits per heavy atom. The van der Waals surface area contributed by atoms with E-state index in [4.69, 9.17) is 0 Å². The van der Waals surface area contributed by atoms with Crippen molar-refractivity contribution in [1.82, 2.24) is 0 Å². The monoisotopic (exact) mass is 142 g/mol. The molecule has 0 heterocycles. The van der Waals surface area contributed by atoms with E-state index >= 15 is 0 Å². The maximum Gasteiger partial charge on any atom is -0.0391 e. The van der Waals surface area contributed by atoms with Crippen molar-refractivity contribution in [1.29, 1.82) is 0 Å². The summed E-state index contributed by atoms with van der Waals surface area (Å²) in [6.45, 7) is 11.7. The van der Waals surface area contributed by atoms with Crippen molar-refractivity contribution in [2.45, 2.75) is 47.5 Å². The normalized spacial score (nSPS) is 20.1. The van der Waals surface area contributed by atoms with Crippen molar-refractivity contribution < 1.29 is 0 Å². The lowest BCUT2D eigenvalue weighted by atomic mass is 9.82. The van der Waals surface area contributed by atoms with Crippen LogP contribution in [-0.4, -0.2) is 0 Å². The zero-order chi connectivity index (χ0) is 8.15. The summed E-state index contributed by atoms with van der Waals surface area (Å²) in [5.74, 6) is 2.69. The molecule has 1 unspecified atom stereocenters. The van der Waals surface area contributed by atoms with Gasteiger partial charge in [-0.25, -0.2) is 0 Å². The largest absolute Gasteiger partial charge is 0.0651 e. The third kappa shape index (κ3) is 2.72. The quantitative estimate of drug-likeness (QED) is 0.561. The molecule has 0 aromatic heterocycles. The zero-order valence-electron chi connectivity index (χ0n) is 8.15. The van der Waals surface area contributed by atoms with E-state index in [1.165, 1.54) is 12.8 Å². The van der Waals surface area contributed by atoms with E-state index in [2.05, 4.69) is 34.6 Å². The fourth-order valence-corrected chi connectivity index (χ4v) is 1.30. The van der Waals surface area contributed by atoms with Crippen LogP contribution in [0.15, 0.2) is 0 Å². The van der Waals surface area contributed by atoms with E-state index < -0.39 is 0 Å². The molecule has 62 valence electrons. The third-order valence-electron chi connectivity index (χ3n) is 3.08. The van der Waals surface area contributed by atoms with Gasteiger partial charge in [-0.2, -0.15) is 0 Å². The smallest absolute Gasteiger partial charge is 0.0391 e. The van der Waals surface area contributed by atoms with E-state index in [0.717, 1.165) is 17.8 Å². The topological polar surface area (TPSA) is 0 Å². The minimum Gasteiger partial charge on any atom is -0.0651 e. The maximum atomic E-state index is 2.38. The minimum absolute atomic E-state index is 0.898. The predicted molar refractivity (Wildman–Crippen MR) is 48.1 cm³/mol. The summed E-state index contributed by atoms with van der Waals surface area (Å²) in [6.07, 6.45) is 2.65. The van der Waals surface area contributed by atoms with Crippen LogP contribution in [0.1, 0.15) is 47.5 Å². The Morgan fingerprint density at radius 2 is 1.10 bits per heavy atom. The van der Waals surface area contributed by atoms with Gasteiger partial charge in [0, 0.05) is 0 Å². The van der Waals surface area contributed by atoms with Crippen LogP contribution in [0.2, 0.25) is 0 Å². The molecule has 0 aromatic carbocycles. The van der Waals surface area contributed by atoms with E-state index in [1.807, 2.05) is 0 Å². The van der Waals surface area contributed by atoms with Crippen molar-refractivity contribution in [3.63, 3.8) is 0 Å². The van der Waals surface area contributed by atoms with Gasteiger partial charge in [0.05, 0.1) is 0 Å². The molecular formula is C10H22. The molecule has 0 bridgehead atoms. The summed E-state index contributed by atoms with van der Waals surface area (Å²) in [5.41, 5.74) is 0. The fraction of sp³-hybridized carbons (Fsp3) is 1.00. The molecule has 0 fully saturated rings. The second-order valence-electron chi connectivity index (χ2n) is 3.63. The van der Waals surface area contributed by atoms with Gasteiger partial charge in [-0.15, -0.1) is 0 Å². The molecule has 0 aromatic rings. The molecular weight excluding hydrogens is 120 g/mol. The molecule has 0 radical (unpaired) electrons. The molecule has 0 spiro atoms. The van der Waals surface area contributed by atoms with E-state index in [1.54, 1.807) is 0 Å². The lowest BCUT2D eigenvalue weighted by Crippen LogP contribution is -2.14. The summed E-state index contributed by atoms with van der Waals surface area (Å²) < 4.78 is 0. The van der Waals surface area contributed by atoms with Crippen molar-refractivity contribution in [3.8, 4) is 0 Å². The highest BCUT2D eigenvalue weighted by Gasteiger charge is 2.15. The van der Waals surface area contributed by atoms with Gasteiger partial charge < -0.3 is 0 Å². The Bertz CT molecular complexity index is 66.1. The molecule has 0 aliphatic carbocycles. The molecule has 0 aliphatic heterocycles. The van der Waals surface area contributed by atoms with Crippen LogP contribution in [0.25, 0.3) is 0 Å². The lowest BCUT2D eigenvalue weighted by Gasteiger charge is -2.23. The minimum atomic E-state index is 0.898. The van der Waals surface area contributed by atoms with Gasteiger partial charge in [-0.3, -0.25) is 0 Å². The Labute approximate surface area is 66.0 Å². The molecule has 0 saturated carbocycles. The predicted octanol–water partition coefficient (Wildman–Crippen LogP) is 3.71. The third-order valence-corrected chi connectivity index (χ3v) is 3.08. The Kier molecular flexibility index (Phi) is 4.76. The Morgan fingerprint density at radius 1 is 0.800 bits per heavy atom. The summed E-state index contributed by atoms with van der Waals surface area (Å²) in [7, 11) is 0. The van der Waals surface area contributed by atoms with Crippen LogP contribution < -0.4 is 0 Å². The van der Waals surface area contributed by atoms with Crippen molar-refractivity contribution in [3.05, 3.63) is 0 Å². The second-order valence-corrected chi connectivity index (χ2v) is 3.63. The summed E-state index contributed by atoms with van der Waals surface area (Å²) in [5, 5.41) is 0. The highest BCUT2D eigenvalue weighted by atomic mass is 14.2. The van der Waals surface area contributed by atoms with Gasteiger partial charge in [-0.05, 0) is 17.8 Å². The number of hydrogen-bond acceptors (Lipinski definition) is 0. The van der Waals surface area contributed by atoms with E-state index in [-0.39, 0.29) is 0 Å². The highest BCUT2D eigenvalue weighted by Crippen LogP contribution is 2.24. The first kappa shape index (κ1) is 10.0. The van der Waals surface area contributed by atoms with Crippen LogP contribution in [0.5, 0.6) is 0 Å². The second kappa shape index (κ2) is 4.76. The Balaban J connectivity index is 3.69.